The Kier molecular flexibility index (Phi) is 7.15. The quantitative estimate of drug-likeness (QED) is 0.692. The Balaban J connectivity index is 1.61. The van der Waals surface area contributed by atoms with Crippen LogP contribution in [0.4, 0.5) is 10.7 Å². The topological polar surface area (TPSA) is 63.1 Å². The number of thiophene rings is 1. The van der Waals surface area contributed by atoms with Gasteiger partial charge in [0.2, 0.25) is 0 Å². The molecule has 7 heteroatoms. The van der Waals surface area contributed by atoms with Crippen LogP contribution in [0.3, 0.4) is 0 Å². The van der Waals surface area contributed by atoms with Gasteiger partial charge in [-0.15, -0.1) is 11.3 Å². The second-order valence-corrected chi connectivity index (χ2v) is 9.24. The molecule has 162 valence electrons. The largest absolute Gasteiger partial charge is 0.462 e. The number of benzene rings is 1. The predicted molar refractivity (Wildman–Crippen MR) is 122 cm³/mol. The first-order valence-electron chi connectivity index (χ1n) is 10.5. The molecule has 2 unspecified atom stereocenters. The van der Waals surface area contributed by atoms with E-state index in [-0.39, 0.29) is 11.9 Å². The van der Waals surface area contributed by atoms with Gasteiger partial charge in [-0.05, 0) is 52.3 Å². The van der Waals surface area contributed by atoms with Crippen molar-refractivity contribution >= 4 is 33.9 Å². The van der Waals surface area contributed by atoms with Gasteiger partial charge >= 0.3 is 5.97 Å². The molecular weight excluding hydrogens is 398 g/mol. The fourth-order valence-corrected chi connectivity index (χ4v) is 5.04. The Hall–Kier alpha value is -2.38. The first-order valence-corrected chi connectivity index (χ1v) is 11.4. The van der Waals surface area contributed by atoms with Gasteiger partial charge < -0.3 is 19.9 Å². The molecule has 1 aromatic carbocycles. The van der Waals surface area contributed by atoms with Crippen molar-refractivity contribution in [3.05, 3.63) is 45.8 Å². The number of nitrogens with zero attached hydrogens (tertiary/aromatic N) is 1. The van der Waals surface area contributed by atoms with Crippen LogP contribution >= 0.6 is 11.3 Å². The Morgan fingerprint density at radius 2 is 1.93 bits per heavy atom. The van der Waals surface area contributed by atoms with Crippen LogP contribution in [0.1, 0.15) is 40.2 Å². The smallest absolute Gasteiger partial charge is 0.341 e. The monoisotopic (exact) mass is 430 g/mol. The highest BCUT2D eigenvalue weighted by Crippen LogP contribution is 2.32. The van der Waals surface area contributed by atoms with Crippen LogP contribution in [0.2, 0.25) is 0 Å². The minimum Gasteiger partial charge on any atom is -0.462 e. The summed E-state index contributed by atoms with van der Waals surface area (Å²) in [5.74, 6) is -0.435. The Labute approximate surface area is 182 Å². The molecule has 2 heterocycles. The van der Waals surface area contributed by atoms with Gasteiger partial charge in [-0.1, -0.05) is 17.7 Å². The molecule has 30 heavy (non-hydrogen) atoms. The van der Waals surface area contributed by atoms with Crippen LogP contribution in [0.5, 0.6) is 0 Å². The van der Waals surface area contributed by atoms with E-state index < -0.39 is 0 Å². The number of rotatable bonds is 6. The molecule has 1 saturated heterocycles. The SMILES string of the molecule is CCOC(=O)c1c(NC(=O)C[NH+]2CCN(c3ccc(C)cc3)C(C)C2)sc(C)c1C. The maximum Gasteiger partial charge on any atom is 0.341 e. The number of hydrogen-bond acceptors (Lipinski definition) is 5. The summed E-state index contributed by atoms with van der Waals surface area (Å²) in [5.41, 5.74) is 3.86. The lowest BCUT2D eigenvalue weighted by Crippen LogP contribution is -3.16. The van der Waals surface area contributed by atoms with Crippen molar-refractivity contribution in [1.29, 1.82) is 0 Å². The normalized spacial score (nSPS) is 18.9. The highest BCUT2D eigenvalue weighted by Gasteiger charge is 2.29. The van der Waals surface area contributed by atoms with Gasteiger partial charge in [-0.25, -0.2) is 4.79 Å². The zero-order valence-corrected chi connectivity index (χ0v) is 19.3. The van der Waals surface area contributed by atoms with Gasteiger partial charge in [0, 0.05) is 10.6 Å². The number of amides is 1. The summed E-state index contributed by atoms with van der Waals surface area (Å²) < 4.78 is 5.18. The van der Waals surface area contributed by atoms with E-state index in [1.807, 2.05) is 13.8 Å². The average molecular weight is 431 g/mol. The Morgan fingerprint density at radius 3 is 2.57 bits per heavy atom. The summed E-state index contributed by atoms with van der Waals surface area (Å²) in [5, 5.41) is 3.56. The molecule has 0 saturated carbocycles. The minimum absolute atomic E-state index is 0.0622. The van der Waals surface area contributed by atoms with Crippen molar-refractivity contribution < 1.29 is 19.2 Å². The number of aryl methyl sites for hydroxylation is 2. The lowest BCUT2D eigenvalue weighted by molar-refractivity contribution is -0.894. The molecule has 3 rings (SSSR count). The van der Waals surface area contributed by atoms with Crippen molar-refractivity contribution in [2.75, 3.05) is 43.0 Å². The molecule has 0 radical (unpaired) electrons. The maximum atomic E-state index is 12.7. The number of anilines is 2. The molecule has 0 aliphatic carbocycles. The molecule has 1 aromatic heterocycles. The third-order valence-corrected chi connectivity index (χ3v) is 6.84. The summed E-state index contributed by atoms with van der Waals surface area (Å²) in [6.07, 6.45) is 0. The zero-order chi connectivity index (χ0) is 21.8. The molecule has 2 aromatic rings. The second kappa shape index (κ2) is 9.62. The number of quaternary nitrogens is 1. The van der Waals surface area contributed by atoms with Crippen molar-refractivity contribution in [2.45, 2.75) is 40.7 Å². The van der Waals surface area contributed by atoms with Crippen molar-refractivity contribution in [3.63, 3.8) is 0 Å². The van der Waals surface area contributed by atoms with Crippen molar-refractivity contribution in [3.8, 4) is 0 Å². The zero-order valence-electron chi connectivity index (χ0n) is 18.5. The number of esters is 1. The molecule has 2 atom stereocenters. The predicted octanol–water partition coefficient (Wildman–Crippen LogP) is 2.58. The summed E-state index contributed by atoms with van der Waals surface area (Å²) in [7, 11) is 0. The number of piperazine rings is 1. The van der Waals surface area contributed by atoms with E-state index in [9.17, 15) is 9.59 Å². The van der Waals surface area contributed by atoms with Crippen LogP contribution in [0.25, 0.3) is 0 Å². The van der Waals surface area contributed by atoms with Gasteiger partial charge in [0.05, 0.1) is 37.8 Å². The van der Waals surface area contributed by atoms with Crippen molar-refractivity contribution in [1.82, 2.24) is 0 Å². The molecule has 2 N–H and O–H groups in total. The van der Waals surface area contributed by atoms with Crippen molar-refractivity contribution in [2.24, 2.45) is 0 Å². The van der Waals surface area contributed by atoms with E-state index >= 15 is 0 Å². The van der Waals surface area contributed by atoms with Gasteiger partial charge in [0.1, 0.15) is 5.00 Å². The molecule has 6 nitrogen and oxygen atoms in total. The second-order valence-electron chi connectivity index (χ2n) is 8.01. The Bertz CT molecular complexity index is 907. The standard InChI is InChI=1S/C23H31N3O3S/c1-6-29-23(28)21-17(4)18(5)30-22(21)24-20(27)14-25-11-12-26(16(3)13-25)19-9-7-15(2)8-10-19/h7-10,16H,6,11-14H2,1-5H3,(H,24,27)/p+1. The van der Waals surface area contributed by atoms with E-state index in [2.05, 4.69) is 48.3 Å². The van der Waals surface area contributed by atoms with E-state index in [0.717, 1.165) is 30.1 Å². The van der Waals surface area contributed by atoms with Gasteiger partial charge in [-0.2, -0.15) is 0 Å². The van der Waals surface area contributed by atoms with E-state index in [1.54, 1.807) is 6.92 Å². The van der Waals surface area contributed by atoms with Crippen LogP contribution in [-0.2, 0) is 9.53 Å². The lowest BCUT2D eigenvalue weighted by Gasteiger charge is -2.38. The summed E-state index contributed by atoms with van der Waals surface area (Å²) in [4.78, 5) is 29.7. The van der Waals surface area contributed by atoms with Crippen LogP contribution in [0, 0.1) is 20.8 Å². The van der Waals surface area contributed by atoms with E-state index in [4.69, 9.17) is 4.74 Å². The summed E-state index contributed by atoms with van der Waals surface area (Å²) in [6.45, 7) is 13.4. The van der Waals surface area contributed by atoms with Gasteiger partial charge in [0.25, 0.3) is 5.91 Å². The molecular formula is C23H32N3O3S+. The molecule has 1 aliphatic heterocycles. The molecule has 1 aliphatic rings. The number of hydrogen-bond donors (Lipinski definition) is 2. The molecule has 1 fully saturated rings. The molecule has 0 spiro atoms. The highest BCUT2D eigenvalue weighted by molar-refractivity contribution is 7.16. The van der Waals surface area contributed by atoms with Crippen LogP contribution in [-0.4, -0.2) is 50.7 Å². The first-order chi connectivity index (χ1) is 14.3. The van der Waals surface area contributed by atoms with E-state index in [0.29, 0.717) is 29.8 Å². The fraction of sp³-hybridized carbons (Fsp3) is 0.478. The highest BCUT2D eigenvalue weighted by atomic mass is 32.1. The minimum atomic E-state index is -0.373. The Morgan fingerprint density at radius 1 is 1.23 bits per heavy atom. The van der Waals surface area contributed by atoms with Gasteiger partial charge in [0.15, 0.2) is 6.54 Å². The number of nitrogens with one attached hydrogen (secondary N) is 2. The third kappa shape index (κ3) is 5.02. The third-order valence-electron chi connectivity index (χ3n) is 5.72. The number of carbonyl (C=O) groups excluding carboxylic acids is 2. The fourth-order valence-electron chi connectivity index (χ4n) is 3.97. The number of ether oxygens (including phenoxy) is 1. The maximum absolute atomic E-state index is 12.7. The average Bonchev–Trinajstić information content (AvgIpc) is 2.96. The van der Waals surface area contributed by atoms with Crippen LogP contribution < -0.4 is 15.1 Å². The molecule has 0 bridgehead atoms. The van der Waals surface area contributed by atoms with E-state index in [1.165, 1.54) is 27.5 Å². The first kappa shape index (κ1) is 22.3. The van der Waals surface area contributed by atoms with Crippen LogP contribution in [0.15, 0.2) is 24.3 Å². The summed E-state index contributed by atoms with van der Waals surface area (Å²) >= 11 is 1.43. The summed E-state index contributed by atoms with van der Waals surface area (Å²) in [6, 6.07) is 8.97. The molecule has 1 amide bonds. The number of carbonyl (C=O) groups is 2. The van der Waals surface area contributed by atoms with Gasteiger partial charge in [-0.3, -0.25) is 4.79 Å². The lowest BCUT2D eigenvalue weighted by atomic mass is 10.1.